The molecule has 0 unspecified atom stereocenters. The van der Waals surface area contributed by atoms with Gasteiger partial charge in [0.05, 0.1) is 6.04 Å². The standard InChI is InChI=1S/C12H21NO5/c1-12(2,3)18-11(16)13-7-5-6-8(13)9(17-4)10(14)15/h8-9H,5-7H2,1-4H3,(H,14,15)/t8-,9+/m1/s1. The molecule has 0 saturated carbocycles. The summed E-state index contributed by atoms with van der Waals surface area (Å²) < 4.78 is 10.2. The third kappa shape index (κ3) is 3.60. The minimum atomic E-state index is -1.06. The summed E-state index contributed by atoms with van der Waals surface area (Å²) in [5.74, 6) is -1.06. The van der Waals surface area contributed by atoms with Gasteiger partial charge in [-0.3, -0.25) is 0 Å². The van der Waals surface area contributed by atoms with Crippen molar-refractivity contribution >= 4 is 12.1 Å². The number of carboxylic acids is 1. The first-order valence-corrected chi connectivity index (χ1v) is 6.01. The Balaban J connectivity index is 2.75. The summed E-state index contributed by atoms with van der Waals surface area (Å²) >= 11 is 0. The fraction of sp³-hybridized carbons (Fsp3) is 0.833. The molecule has 0 bridgehead atoms. The van der Waals surface area contributed by atoms with Crippen molar-refractivity contribution in [1.29, 1.82) is 0 Å². The number of nitrogens with zero attached hydrogens (tertiary/aromatic N) is 1. The Kier molecular flexibility index (Phi) is 4.56. The SMILES string of the molecule is CO[C@H](C(=O)O)[C@H]1CCCN1C(=O)OC(C)(C)C. The number of ether oxygens (including phenoxy) is 2. The first kappa shape index (κ1) is 14.8. The van der Waals surface area contributed by atoms with Gasteiger partial charge >= 0.3 is 12.1 Å². The third-order valence-corrected chi connectivity index (χ3v) is 2.77. The van der Waals surface area contributed by atoms with Crippen LogP contribution in [-0.4, -0.2) is 53.5 Å². The quantitative estimate of drug-likeness (QED) is 0.831. The Bertz CT molecular complexity index is 323. The Morgan fingerprint density at radius 2 is 2.00 bits per heavy atom. The molecule has 104 valence electrons. The lowest BCUT2D eigenvalue weighted by molar-refractivity contribution is -0.151. The van der Waals surface area contributed by atoms with E-state index in [4.69, 9.17) is 14.6 Å². The van der Waals surface area contributed by atoms with Gasteiger partial charge in [0.15, 0.2) is 6.10 Å². The van der Waals surface area contributed by atoms with Gasteiger partial charge in [0.25, 0.3) is 0 Å². The molecule has 2 atom stereocenters. The Morgan fingerprint density at radius 3 is 2.44 bits per heavy atom. The highest BCUT2D eigenvalue weighted by molar-refractivity contribution is 5.76. The van der Waals surface area contributed by atoms with Gasteiger partial charge in [-0.25, -0.2) is 9.59 Å². The van der Waals surface area contributed by atoms with Crippen molar-refractivity contribution in [3.05, 3.63) is 0 Å². The molecule has 0 radical (unpaired) electrons. The largest absolute Gasteiger partial charge is 0.479 e. The molecule has 0 spiro atoms. The van der Waals surface area contributed by atoms with Crippen LogP contribution in [0.4, 0.5) is 4.79 Å². The second-order valence-corrected chi connectivity index (χ2v) is 5.38. The van der Waals surface area contributed by atoms with Crippen molar-refractivity contribution in [3.63, 3.8) is 0 Å². The number of carbonyl (C=O) groups excluding carboxylic acids is 1. The van der Waals surface area contributed by atoms with Crippen LogP contribution < -0.4 is 0 Å². The molecule has 1 N–H and O–H groups in total. The van der Waals surface area contributed by atoms with Gasteiger partial charge in [-0.15, -0.1) is 0 Å². The number of amides is 1. The van der Waals surface area contributed by atoms with Crippen LogP contribution in [0.2, 0.25) is 0 Å². The second-order valence-electron chi connectivity index (χ2n) is 5.38. The normalized spacial score (nSPS) is 21.8. The maximum Gasteiger partial charge on any atom is 0.410 e. The zero-order valence-electron chi connectivity index (χ0n) is 11.3. The molecular formula is C12H21NO5. The van der Waals surface area contributed by atoms with Crippen LogP contribution in [0.15, 0.2) is 0 Å². The molecule has 0 aromatic carbocycles. The molecule has 1 aliphatic rings. The number of methoxy groups -OCH3 is 1. The summed E-state index contributed by atoms with van der Waals surface area (Å²) in [5, 5.41) is 9.06. The minimum Gasteiger partial charge on any atom is -0.479 e. The molecule has 6 nitrogen and oxygen atoms in total. The molecule has 1 rings (SSSR count). The highest BCUT2D eigenvalue weighted by atomic mass is 16.6. The fourth-order valence-corrected chi connectivity index (χ4v) is 2.08. The van der Waals surface area contributed by atoms with Crippen LogP contribution in [0, 0.1) is 0 Å². The minimum absolute atomic E-state index is 0.456. The second kappa shape index (κ2) is 5.56. The summed E-state index contributed by atoms with van der Waals surface area (Å²) in [5.41, 5.74) is -0.587. The van der Waals surface area contributed by atoms with Gasteiger partial charge in [-0.1, -0.05) is 0 Å². The van der Waals surface area contributed by atoms with Gasteiger partial charge in [-0.2, -0.15) is 0 Å². The maximum absolute atomic E-state index is 12.0. The molecular weight excluding hydrogens is 238 g/mol. The summed E-state index contributed by atoms with van der Waals surface area (Å²) in [7, 11) is 1.34. The zero-order valence-corrected chi connectivity index (χ0v) is 11.3. The van der Waals surface area contributed by atoms with E-state index in [2.05, 4.69) is 0 Å². The number of carbonyl (C=O) groups is 2. The van der Waals surface area contributed by atoms with Gasteiger partial charge in [0, 0.05) is 13.7 Å². The van der Waals surface area contributed by atoms with Gasteiger partial charge < -0.3 is 19.5 Å². The predicted octanol–water partition coefficient (Wildman–Crippen LogP) is 1.49. The summed E-state index contributed by atoms with van der Waals surface area (Å²) in [4.78, 5) is 24.5. The lowest BCUT2D eigenvalue weighted by atomic mass is 10.1. The molecule has 1 aliphatic heterocycles. The lowest BCUT2D eigenvalue weighted by Gasteiger charge is -2.30. The molecule has 1 saturated heterocycles. The number of hydrogen-bond donors (Lipinski definition) is 1. The average molecular weight is 259 g/mol. The highest BCUT2D eigenvalue weighted by Gasteiger charge is 2.40. The first-order chi connectivity index (χ1) is 8.26. The van der Waals surface area contributed by atoms with Gasteiger partial charge in [-0.05, 0) is 33.6 Å². The van der Waals surface area contributed by atoms with Gasteiger partial charge in [0.2, 0.25) is 0 Å². The van der Waals surface area contributed by atoms with Crippen molar-refractivity contribution in [3.8, 4) is 0 Å². The van der Waals surface area contributed by atoms with Crippen molar-refractivity contribution in [2.45, 2.75) is 51.4 Å². The molecule has 18 heavy (non-hydrogen) atoms. The molecule has 0 aliphatic carbocycles. The molecule has 1 amide bonds. The van der Waals surface area contributed by atoms with E-state index in [-0.39, 0.29) is 0 Å². The van der Waals surface area contributed by atoms with E-state index >= 15 is 0 Å². The molecule has 0 aromatic heterocycles. The van der Waals surface area contributed by atoms with Crippen LogP contribution in [-0.2, 0) is 14.3 Å². The van der Waals surface area contributed by atoms with E-state index in [9.17, 15) is 9.59 Å². The monoisotopic (exact) mass is 259 g/mol. The van der Waals surface area contributed by atoms with Crippen LogP contribution >= 0.6 is 0 Å². The van der Waals surface area contributed by atoms with Gasteiger partial charge in [0.1, 0.15) is 5.60 Å². The van der Waals surface area contributed by atoms with Crippen LogP contribution in [0.25, 0.3) is 0 Å². The van der Waals surface area contributed by atoms with Crippen molar-refractivity contribution in [2.75, 3.05) is 13.7 Å². The Labute approximate surface area is 107 Å². The zero-order chi connectivity index (χ0) is 13.9. The fourth-order valence-electron chi connectivity index (χ4n) is 2.08. The van der Waals surface area contributed by atoms with E-state index in [1.807, 2.05) is 0 Å². The van der Waals surface area contributed by atoms with E-state index in [0.717, 1.165) is 6.42 Å². The molecule has 1 heterocycles. The molecule has 0 aromatic rings. The van der Waals surface area contributed by atoms with Crippen molar-refractivity contribution in [2.24, 2.45) is 0 Å². The molecule has 1 fully saturated rings. The van der Waals surface area contributed by atoms with E-state index in [1.54, 1.807) is 20.8 Å². The topological polar surface area (TPSA) is 76.1 Å². The van der Waals surface area contributed by atoms with Crippen LogP contribution in [0.1, 0.15) is 33.6 Å². The van der Waals surface area contributed by atoms with E-state index in [0.29, 0.717) is 13.0 Å². The lowest BCUT2D eigenvalue weighted by Crippen LogP contribution is -2.48. The van der Waals surface area contributed by atoms with Crippen LogP contribution in [0.3, 0.4) is 0 Å². The van der Waals surface area contributed by atoms with Crippen LogP contribution in [0.5, 0.6) is 0 Å². The Morgan fingerprint density at radius 1 is 1.39 bits per heavy atom. The van der Waals surface area contributed by atoms with E-state index < -0.39 is 29.8 Å². The highest BCUT2D eigenvalue weighted by Crippen LogP contribution is 2.24. The smallest absolute Gasteiger partial charge is 0.410 e. The number of rotatable bonds is 3. The number of aliphatic carboxylic acids is 1. The van der Waals surface area contributed by atoms with E-state index in [1.165, 1.54) is 12.0 Å². The average Bonchev–Trinajstić information content (AvgIpc) is 2.64. The van der Waals surface area contributed by atoms with Crippen molar-refractivity contribution < 1.29 is 24.2 Å². The number of likely N-dealkylation sites (tertiary alicyclic amines) is 1. The Hall–Kier alpha value is -1.30. The summed E-state index contributed by atoms with van der Waals surface area (Å²) in [6.45, 7) is 5.84. The summed E-state index contributed by atoms with van der Waals surface area (Å²) in [6.07, 6.45) is -0.102. The van der Waals surface area contributed by atoms with Crippen molar-refractivity contribution in [1.82, 2.24) is 4.90 Å². The first-order valence-electron chi connectivity index (χ1n) is 6.01. The molecule has 6 heteroatoms. The predicted molar refractivity (Wildman–Crippen MR) is 64.4 cm³/mol. The number of hydrogen-bond acceptors (Lipinski definition) is 4. The third-order valence-electron chi connectivity index (χ3n) is 2.77. The maximum atomic E-state index is 12.0. The summed E-state index contributed by atoms with van der Waals surface area (Å²) in [6, 6.07) is -0.456. The number of carboxylic acid groups (broad SMARTS) is 1.